The molecular weight excluding hydrogens is 498 g/mol. The number of carbonyl (C=O) groups is 1. The van der Waals surface area contributed by atoms with Crippen molar-refractivity contribution in [1.29, 1.82) is 0 Å². The van der Waals surface area contributed by atoms with E-state index in [1.165, 1.54) is 6.08 Å². The van der Waals surface area contributed by atoms with Crippen LogP contribution in [-0.2, 0) is 21.9 Å². The van der Waals surface area contributed by atoms with Gasteiger partial charge in [0.2, 0.25) is 0 Å². The highest BCUT2D eigenvalue weighted by atomic mass is 32.2. The molecule has 1 amide bonds. The molecule has 0 atom stereocenters. The van der Waals surface area contributed by atoms with Crippen LogP contribution in [0.2, 0.25) is 0 Å². The first-order valence-electron chi connectivity index (χ1n) is 11.2. The number of hydrogen-bond acceptors (Lipinski definition) is 4. The molecule has 1 heterocycles. The van der Waals surface area contributed by atoms with E-state index in [4.69, 9.17) is 4.74 Å². The molecule has 0 spiro atoms. The van der Waals surface area contributed by atoms with Crippen LogP contribution in [0.5, 0.6) is 11.5 Å². The summed E-state index contributed by atoms with van der Waals surface area (Å²) in [6, 6.07) is 21.2. The topological polar surface area (TPSA) is 77.4 Å². The lowest BCUT2D eigenvalue weighted by Gasteiger charge is -2.09. The molecule has 1 N–H and O–H groups in total. The monoisotopic (exact) mass is 518 g/mol. The Morgan fingerprint density at radius 2 is 1.73 bits per heavy atom. The Labute approximate surface area is 211 Å². The van der Waals surface area contributed by atoms with Gasteiger partial charge in [0.1, 0.15) is 28.0 Å². The maximum Gasteiger partial charge on any atom is 0.267 e. The molecule has 4 aromatic carbocycles. The average molecular weight is 519 g/mol. The molecule has 0 aliphatic carbocycles. The fourth-order valence-electron chi connectivity index (χ4n) is 4.09. The van der Waals surface area contributed by atoms with Crippen LogP contribution in [0.25, 0.3) is 27.8 Å². The lowest BCUT2D eigenvalue weighted by atomic mass is 10.1. The number of rotatable bonds is 6. The number of sulfonamides is 1. The predicted octanol–water partition coefficient (Wildman–Crippen LogP) is 5.92. The maximum atomic E-state index is 13.9. The highest BCUT2D eigenvalue weighted by Gasteiger charge is 2.22. The summed E-state index contributed by atoms with van der Waals surface area (Å²) < 4.78 is 61.9. The van der Waals surface area contributed by atoms with Gasteiger partial charge in [0.25, 0.3) is 15.9 Å². The van der Waals surface area contributed by atoms with Gasteiger partial charge in [-0.3, -0.25) is 4.79 Å². The van der Waals surface area contributed by atoms with Crippen molar-refractivity contribution in [2.75, 3.05) is 0 Å². The van der Waals surface area contributed by atoms with Crippen molar-refractivity contribution in [3.05, 3.63) is 108 Å². The first-order chi connectivity index (χ1) is 17.7. The first kappa shape index (κ1) is 24.2. The van der Waals surface area contributed by atoms with Gasteiger partial charge in [-0.1, -0.05) is 36.4 Å². The summed E-state index contributed by atoms with van der Waals surface area (Å²) in [4.78, 5) is 11.5. The van der Waals surface area contributed by atoms with Crippen molar-refractivity contribution in [3.8, 4) is 11.5 Å². The summed E-state index contributed by atoms with van der Waals surface area (Å²) in [5.41, 5.74) is 1.42. The zero-order chi connectivity index (χ0) is 26.2. The molecule has 0 bridgehead atoms. The van der Waals surface area contributed by atoms with Crippen molar-refractivity contribution < 1.29 is 26.7 Å². The van der Waals surface area contributed by atoms with Crippen LogP contribution in [0.15, 0.2) is 96.0 Å². The number of hydrogen-bond donors (Lipinski definition) is 1. The third kappa shape index (κ3) is 4.94. The van der Waals surface area contributed by atoms with E-state index < -0.39 is 32.5 Å². The van der Waals surface area contributed by atoms with Crippen molar-refractivity contribution in [2.24, 2.45) is 7.05 Å². The number of benzene rings is 4. The summed E-state index contributed by atoms with van der Waals surface area (Å²) in [5, 5.41) is 2.81. The quantitative estimate of drug-likeness (QED) is 0.283. The second-order valence-electron chi connectivity index (χ2n) is 8.33. The number of carbonyl (C=O) groups excluding carboxylic acids is 1. The molecule has 5 aromatic rings. The van der Waals surface area contributed by atoms with Crippen molar-refractivity contribution in [1.82, 2.24) is 9.29 Å². The van der Waals surface area contributed by atoms with Gasteiger partial charge in [-0.25, -0.2) is 21.9 Å². The molecule has 0 aliphatic heterocycles. The van der Waals surface area contributed by atoms with E-state index in [0.717, 1.165) is 28.4 Å². The Balaban J connectivity index is 1.44. The Morgan fingerprint density at radius 3 is 2.54 bits per heavy atom. The van der Waals surface area contributed by atoms with Gasteiger partial charge in [-0.15, -0.1) is 0 Å². The third-order valence-electron chi connectivity index (χ3n) is 5.79. The molecule has 0 radical (unpaired) electrons. The minimum atomic E-state index is -4.62. The van der Waals surface area contributed by atoms with Crippen LogP contribution >= 0.6 is 0 Å². The van der Waals surface area contributed by atoms with Gasteiger partial charge in [0, 0.05) is 30.3 Å². The number of amides is 1. The van der Waals surface area contributed by atoms with Gasteiger partial charge in [-0.2, -0.15) is 0 Å². The summed E-state index contributed by atoms with van der Waals surface area (Å²) in [7, 11) is -2.79. The van der Waals surface area contributed by atoms with Gasteiger partial charge >= 0.3 is 0 Å². The fourth-order valence-corrected chi connectivity index (χ4v) is 5.12. The molecule has 0 saturated carbocycles. The molecular formula is C28H20F2N2O4S. The van der Waals surface area contributed by atoms with E-state index in [1.807, 2.05) is 66.2 Å². The summed E-state index contributed by atoms with van der Waals surface area (Å²) >= 11 is 0. The summed E-state index contributed by atoms with van der Waals surface area (Å²) in [6.07, 6.45) is 4.21. The Kier molecular flexibility index (Phi) is 6.22. The largest absolute Gasteiger partial charge is 0.457 e. The van der Waals surface area contributed by atoms with Crippen LogP contribution in [0.3, 0.4) is 0 Å². The number of halogens is 2. The Morgan fingerprint density at radius 1 is 0.946 bits per heavy atom. The zero-order valence-electron chi connectivity index (χ0n) is 19.5. The molecule has 1 aromatic heterocycles. The second kappa shape index (κ2) is 9.51. The number of ether oxygens (including phenoxy) is 1. The van der Waals surface area contributed by atoms with Crippen LogP contribution in [0.1, 0.15) is 5.56 Å². The van der Waals surface area contributed by atoms with Crippen LogP contribution < -0.4 is 9.46 Å². The van der Waals surface area contributed by atoms with Gasteiger partial charge in [0.15, 0.2) is 0 Å². The molecule has 5 rings (SSSR count). The van der Waals surface area contributed by atoms with Gasteiger partial charge in [-0.05, 0) is 59.3 Å². The summed E-state index contributed by atoms with van der Waals surface area (Å²) in [5.74, 6) is -1.96. The highest BCUT2D eigenvalue weighted by Crippen LogP contribution is 2.35. The van der Waals surface area contributed by atoms with E-state index in [-0.39, 0.29) is 0 Å². The molecule has 0 aliphatic rings. The first-order valence-corrected chi connectivity index (χ1v) is 12.6. The zero-order valence-corrected chi connectivity index (χ0v) is 20.3. The average Bonchev–Trinajstić information content (AvgIpc) is 3.20. The molecule has 186 valence electrons. The van der Waals surface area contributed by atoms with Crippen molar-refractivity contribution in [2.45, 2.75) is 4.90 Å². The van der Waals surface area contributed by atoms with Gasteiger partial charge < -0.3 is 9.30 Å². The second-order valence-corrected chi connectivity index (χ2v) is 9.99. The Hall–Kier alpha value is -4.50. The lowest BCUT2D eigenvalue weighted by Crippen LogP contribution is -2.29. The van der Waals surface area contributed by atoms with E-state index >= 15 is 0 Å². The smallest absolute Gasteiger partial charge is 0.267 e. The summed E-state index contributed by atoms with van der Waals surface area (Å²) in [6.45, 7) is 0. The van der Waals surface area contributed by atoms with Gasteiger partial charge in [0.05, 0.1) is 5.52 Å². The lowest BCUT2D eigenvalue weighted by molar-refractivity contribution is -0.114. The predicted molar refractivity (Wildman–Crippen MR) is 138 cm³/mol. The molecule has 0 unspecified atom stereocenters. The number of nitrogens with zero attached hydrogens (tertiary/aromatic N) is 1. The molecule has 9 heteroatoms. The SMILES string of the molecule is Cn1cc(/C=C/C(=O)NS(=O)(=O)c2cc(F)ccc2F)c2c(Oc3ccc4ccccc4c3)cccc21. The standard InChI is InChI=1S/C28H20F2N2O4S/c1-32-17-20(10-14-27(33)31-37(34,35)26-16-21(29)11-13-23(26)30)28-24(32)7-4-8-25(28)36-22-12-9-18-5-2-3-6-19(18)15-22/h2-17H,1H3,(H,31,33)/b14-10+. The minimum absolute atomic E-state index is 0.510. The van der Waals surface area contributed by atoms with Crippen LogP contribution in [0.4, 0.5) is 8.78 Å². The van der Waals surface area contributed by atoms with E-state index in [9.17, 15) is 22.0 Å². The van der Waals surface area contributed by atoms with Crippen LogP contribution in [-0.4, -0.2) is 18.9 Å². The minimum Gasteiger partial charge on any atom is -0.457 e. The molecule has 0 fully saturated rings. The number of fused-ring (bicyclic) bond motifs is 2. The van der Waals surface area contributed by atoms with Crippen molar-refractivity contribution >= 4 is 43.7 Å². The third-order valence-corrected chi connectivity index (χ3v) is 7.15. The number of nitrogens with one attached hydrogen (secondary N) is 1. The number of aromatic nitrogens is 1. The molecule has 37 heavy (non-hydrogen) atoms. The highest BCUT2D eigenvalue weighted by molar-refractivity contribution is 7.90. The normalized spacial score (nSPS) is 11.9. The fraction of sp³-hybridized carbons (Fsp3) is 0.0357. The number of aryl methyl sites for hydroxylation is 1. The molecule has 6 nitrogen and oxygen atoms in total. The van der Waals surface area contributed by atoms with Crippen LogP contribution in [0, 0.1) is 11.6 Å². The van der Waals surface area contributed by atoms with Crippen molar-refractivity contribution in [3.63, 3.8) is 0 Å². The molecule has 0 saturated heterocycles. The maximum absolute atomic E-state index is 13.9. The van der Waals surface area contributed by atoms with E-state index in [2.05, 4.69) is 0 Å². The Bertz CT molecular complexity index is 1810. The van der Waals surface area contributed by atoms with E-state index in [0.29, 0.717) is 34.6 Å². The van der Waals surface area contributed by atoms with E-state index in [1.54, 1.807) is 17.0 Å².